The molecule has 0 saturated carbocycles. The maximum atomic E-state index is 14.3. The van der Waals surface area contributed by atoms with Gasteiger partial charge in [-0.15, -0.1) is 6.58 Å². The number of rotatable bonds is 8. The number of hydrogen-bond donors (Lipinski definition) is 0. The number of likely N-dealkylation sites (tertiary alicyclic amines) is 1. The summed E-state index contributed by atoms with van der Waals surface area (Å²) in [4.78, 5) is 20.3. The van der Waals surface area contributed by atoms with Crippen molar-refractivity contribution in [2.24, 2.45) is 5.41 Å². The van der Waals surface area contributed by atoms with Crippen LogP contribution in [0, 0.1) is 5.41 Å². The molecule has 1 saturated heterocycles. The second-order valence-electron chi connectivity index (χ2n) is 9.53. The Bertz CT molecular complexity index is 1210. The van der Waals surface area contributed by atoms with Crippen molar-refractivity contribution in [2.75, 3.05) is 0 Å². The number of piperidine rings is 1. The Hall–Kier alpha value is -2.76. The van der Waals surface area contributed by atoms with Gasteiger partial charge in [-0.05, 0) is 60.4 Å². The minimum absolute atomic E-state index is 0.197. The van der Waals surface area contributed by atoms with Gasteiger partial charge in [0.15, 0.2) is 0 Å². The van der Waals surface area contributed by atoms with Crippen LogP contribution in [0.3, 0.4) is 0 Å². The molecule has 1 amide bonds. The van der Waals surface area contributed by atoms with Crippen molar-refractivity contribution < 1.29 is 13.6 Å². The van der Waals surface area contributed by atoms with Gasteiger partial charge in [0.1, 0.15) is 0 Å². The van der Waals surface area contributed by atoms with Crippen molar-refractivity contribution in [3.8, 4) is 0 Å². The summed E-state index contributed by atoms with van der Waals surface area (Å²) in [5.74, 6) is -0.409. The molecule has 1 aliphatic rings. The number of allylic oxidation sites excluding steroid dienone is 1. The first kappa shape index (κ1) is 26.3. The highest BCUT2D eigenvalue weighted by molar-refractivity contribution is 6.30. The highest BCUT2D eigenvalue weighted by atomic mass is 35.5. The van der Waals surface area contributed by atoms with Crippen LogP contribution >= 0.6 is 23.2 Å². The second-order valence-corrected chi connectivity index (χ2v) is 10.4. The van der Waals surface area contributed by atoms with Crippen molar-refractivity contribution in [3.63, 3.8) is 0 Å². The standard InChI is InChI=1S/C29H28Cl2F2N2O/c1-3-14-29(2)18-23(20-7-6-8-22(31)16-20)27(19-10-12-21(30)13-11-19)35(28(29)36)25(17-26(32)33)24-9-4-5-15-34-24/h3-13,15-16,23,25-27H,1,14,17-18H2,2H3/t23-,25+,27-,29+/m1/s1. The second kappa shape index (κ2) is 11.1. The number of carbonyl (C=O) groups is 1. The number of nitrogens with zero attached hydrogens (tertiary/aromatic N) is 2. The molecule has 3 aromatic rings. The van der Waals surface area contributed by atoms with Crippen LogP contribution in [0.2, 0.25) is 10.0 Å². The van der Waals surface area contributed by atoms with E-state index < -0.39 is 30.3 Å². The number of benzene rings is 2. The lowest BCUT2D eigenvalue weighted by Crippen LogP contribution is -2.53. The van der Waals surface area contributed by atoms with Gasteiger partial charge in [-0.3, -0.25) is 9.78 Å². The summed E-state index contributed by atoms with van der Waals surface area (Å²) in [6, 6.07) is 18.5. The van der Waals surface area contributed by atoms with Gasteiger partial charge in [-0.1, -0.05) is 66.5 Å². The third kappa shape index (κ3) is 5.47. The average Bonchev–Trinajstić information content (AvgIpc) is 2.85. The fraction of sp³-hybridized carbons (Fsp3) is 0.310. The van der Waals surface area contributed by atoms with E-state index in [0.717, 1.165) is 11.1 Å². The van der Waals surface area contributed by atoms with Crippen LogP contribution in [0.15, 0.2) is 85.6 Å². The van der Waals surface area contributed by atoms with Gasteiger partial charge in [0, 0.05) is 28.6 Å². The number of carbonyl (C=O) groups excluding carboxylic acids is 1. The maximum Gasteiger partial charge on any atom is 0.241 e. The average molecular weight is 529 g/mol. The SMILES string of the molecule is C=CC[C@@]1(C)C[C@H](c2cccc(Cl)c2)[C@@H](c2ccc(Cl)cc2)N([C@@H](CC(F)F)c2ccccn2)C1=O. The first-order valence-electron chi connectivity index (χ1n) is 11.9. The van der Waals surface area contributed by atoms with Crippen molar-refractivity contribution in [2.45, 2.75) is 50.6 Å². The zero-order valence-electron chi connectivity index (χ0n) is 20.0. The first-order chi connectivity index (χ1) is 17.2. The fourth-order valence-electron chi connectivity index (χ4n) is 5.35. The maximum absolute atomic E-state index is 14.3. The molecule has 1 aliphatic heterocycles. The Labute approximate surface area is 220 Å². The molecule has 0 radical (unpaired) electrons. The lowest BCUT2D eigenvalue weighted by molar-refractivity contribution is -0.156. The van der Waals surface area contributed by atoms with Crippen LogP contribution in [0.1, 0.15) is 61.0 Å². The summed E-state index contributed by atoms with van der Waals surface area (Å²) < 4.78 is 28.1. The molecule has 188 valence electrons. The minimum Gasteiger partial charge on any atom is -0.326 e. The molecule has 0 N–H and O–H groups in total. The van der Waals surface area contributed by atoms with Crippen LogP contribution in [-0.2, 0) is 4.79 Å². The molecule has 1 aromatic heterocycles. The molecule has 0 unspecified atom stereocenters. The Kier molecular flexibility index (Phi) is 8.11. The molecule has 2 aromatic carbocycles. The van der Waals surface area contributed by atoms with E-state index in [1.165, 1.54) is 0 Å². The van der Waals surface area contributed by atoms with E-state index in [1.807, 2.05) is 37.3 Å². The third-order valence-corrected chi connectivity index (χ3v) is 7.44. The monoisotopic (exact) mass is 528 g/mol. The molecule has 36 heavy (non-hydrogen) atoms. The van der Waals surface area contributed by atoms with E-state index in [1.54, 1.807) is 53.6 Å². The number of aromatic nitrogens is 1. The van der Waals surface area contributed by atoms with Gasteiger partial charge < -0.3 is 4.90 Å². The molecule has 4 rings (SSSR count). The first-order valence-corrected chi connectivity index (χ1v) is 12.6. The zero-order chi connectivity index (χ0) is 25.9. The topological polar surface area (TPSA) is 33.2 Å². The molecule has 3 nitrogen and oxygen atoms in total. The lowest BCUT2D eigenvalue weighted by Gasteiger charge is -2.52. The van der Waals surface area contributed by atoms with E-state index >= 15 is 0 Å². The number of hydrogen-bond acceptors (Lipinski definition) is 2. The van der Waals surface area contributed by atoms with Crippen LogP contribution in [0.25, 0.3) is 0 Å². The number of amides is 1. The number of halogens is 4. The highest BCUT2D eigenvalue weighted by Crippen LogP contribution is 2.54. The molecule has 1 fully saturated rings. The van der Waals surface area contributed by atoms with Crippen molar-refractivity contribution in [3.05, 3.63) is 112 Å². The van der Waals surface area contributed by atoms with E-state index in [2.05, 4.69) is 11.6 Å². The van der Waals surface area contributed by atoms with Gasteiger partial charge >= 0.3 is 0 Å². The fourth-order valence-corrected chi connectivity index (χ4v) is 5.67. The van der Waals surface area contributed by atoms with E-state index in [9.17, 15) is 13.6 Å². The summed E-state index contributed by atoms with van der Waals surface area (Å²) in [5.41, 5.74) is 1.34. The molecule has 4 atom stereocenters. The minimum atomic E-state index is -2.63. The molecule has 0 spiro atoms. The third-order valence-electron chi connectivity index (χ3n) is 6.95. The smallest absolute Gasteiger partial charge is 0.241 e. The number of alkyl halides is 2. The molecule has 0 bridgehead atoms. The molecule has 7 heteroatoms. The van der Waals surface area contributed by atoms with Gasteiger partial charge in [0.05, 0.1) is 23.2 Å². The van der Waals surface area contributed by atoms with E-state index in [-0.39, 0.29) is 11.8 Å². The number of pyridine rings is 1. The molecule has 2 heterocycles. The Morgan fingerprint density at radius 3 is 2.44 bits per heavy atom. The molecular formula is C29H28Cl2F2N2O. The van der Waals surface area contributed by atoms with Gasteiger partial charge in [-0.2, -0.15) is 0 Å². The van der Waals surface area contributed by atoms with Gasteiger partial charge in [0.25, 0.3) is 0 Å². The molecule has 0 aliphatic carbocycles. The van der Waals surface area contributed by atoms with E-state index in [4.69, 9.17) is 23.2 Å². The van der Waals surface area contributed by atoms with Crippen LogP contribution < -0.4 is 0 Å². The van der Waals surface area contributed by atoms with Gasteiger partial charge in [-0.25, -0.2) is 8.78 Å². The Balaban J connectivity index is 1.97. The quantitative estimate of drug-likeness (QED) is 0.275. The van der Waals surface area contributed by atoms with Crippen LogP contribution in [0.4, 0.5) is 8.78 Å². The van der Waals surface area contributed by atoms with E-state index in [0.29, 0.717) is 28.6 Å². The zero-order valence-corrected chi connectivity index (χ0v) is 21.5. The predicted octanol–water partition coefficient (Wildman–Crippen LogP) is 8.42. The summed E-state index contributed by atoms with van der Waals surface area (Å²) in [5, 5.41) is 1.13. The van der Waals surface area contributed by atoms with Crippen molar-refractivity contribution >= 4 is 29.1 Å². The van der Waals surface area contributed by atoms with Crippen molar-refractivity contribution in [1.82, 2.24) is 9.88 Å². The highest BCUT2D eigenvalue weighted by Gasteiger charge is 2.51. The largest absolute Gasteiger partial charge is 0.326 e. The van der Waals surface area contributed by atoms with Crippen molar-refractivity contribution in [1.29, 1.82) is 0 Å². The normalized spacial score (nSPS) is 23.1. The predicted molar refractivity (Wildman–Crippen MR) is 140 cm³/mol. The summed E-state index contributed by atoms with van der Waals surface area (Å²) in [6.45, 7) is 5.76. The van der Waals surface area contributed by atoms with Gasteiger partial charge in [0.2, 0.25) is 12.3 Å². The molecular weight excluding hydrogens is 501 g/mol. The van der Waals surface area contributed by atoms with Crippen LogP contribution in [0.5, 0.6) is 0 Å². The Morgan fingerprint density at radius 1 is 1.08 bits per heavy atom. The lowest BCUT2D eigenvalue weighted by atomic mass is 9.67. The Morgan fingerprint density at radius 2 is 1.83 bits per heavy atom. The summed E-state index contributed by atoms with van der Waals surface area (Å²) >= 11 is 12.6. The van der Waals surface area contributed by atoms with Crippen LogP contribution in [-0.4, -0.2) is 22.2 Å². The summed E-state index contributed by atoms with van der Waals surface area (Å²) in [7, 11) is 0. The summed E-state index contributed by atoms with van der Waals surface area (Å²) in [6.07, 6.45) is 1.04.